The lowest BCUT2D eigenvalue weighted by molar-refractivity contribution is -0.129. The van der Waals surface area contributed by atoms with Crippen LogP contribution >= 0.6 is 0 Å². The lowest BCUT2D eigenvalue weighted by Crippen LogP contribution is -2.52. The summed E-state index contributed by atoms with van der Waals surface area (Å²) in [6.45, 7) is 1.33. The number of benzene rings is 1. The van der Waals surface area contributed by atoms with E-state index in [2.05, 4.69) is 20.9 Å². The van der Waals surface area contributed by atoms with E-state index >= 15 is 0 Å². The molecule has 2 amide bonds. The second-order valence-corrected chi connectivity index (χ2v) is 8.41. The van der Waals surface area contributed by atoms with Crippen LogP contribution in [-0.4, -0.2) is 35.4 Å². The van der Waals surface area contributed by atoms with Gasteiger partial charge in [-0.05, 0) is 66.6 Å². The van der Waals surface area contributed by atoms with Crippen molar-refractivity contribution < 1.29 is 18.4 Å². The van der Waals surface area contributed by atoms with Crippen LogP contribution in [-0.2, 0) is 22.7 Å². The molecule has 0 spiro atoms. The first-order valence-corrected chi connectivity index (χ1v) is 11.0. The van der Waals surface area contributed by atoms with Crippen LogP contribution in [0.1, 0.15) is 48.2 Å². The van der Waals surface area contributed by atoms with Crippen molar-refractivity contribution in [3.63, 3.8) is 0 Å². The SMILES string of the molecule is C[C@H](NC(=O)C1C=C(c2ccc(F)cc2CF)CCN1)C(=O)N[C@@H]1CCc2nc(N)ccc21. The standard InChI is InChI=1S/C24H27F2N5O2/c1-13(23(32)31-20-6-5-19-18(20)4-7-22(27)30-19)29-24(33)21-11-14(8-9-28-21)17-3-2-16(26)10-15(17)12-25/h2-4,7,10-11,13,20-21,28H,5-6,8-9,12H2,1H3,(H2,27,30)(H,29,33)(H,31,32)/t13-,20+,21?/m0/s1. The van der Waals surface area contributed by atoms with Crippen molar-refractivity contribution in [2.24, 2.45) is 0 Å². The van der Waals surface area contributed by atoms with Crippen LogP contribution in [0.5, 0.6) is 0 Å². The van der Waals surface area contributed by atoms with Crippen LogP contribution in [0.2, 0.25) is 0 Å². The number of nitrogens with two attached hydrogens (primary N) is 1. The van der Waals surface area contributed by atoms with Gasteiger partial charge in [0.2, 0.25) is 11.8 Å². The molecule has 1 aliphatic heterocycles. The zero-order valence-electron chi connectivity index (χ0n) is 18.3. The minimum atomic E-state index is -0.793. The maximum Gasteiger partial charge on any atom is 0.242 e. The summed E-state index contributed by atoms with van der Waals surface area (Å²) < 4.78 is 26.8. The summed E-state index contributed by atoms with van der Waals surface area (Å²) in [5, 5.41) is 8.80. The van der Waals surface area contributed by atoms with Crippen LogP contribution in [0, 0.1) is 5.82 Å². The van der Waals surface area contributed by atoms with E-state index in [1.807, 2.05) is 6.07 Å². The van der Waals surface area contributed by atoms with Crippen molar-refractivity contribution >= 4 is 23.2 Å². The lowest BCUT2D eigenvalue weighted by atomic mass is 9.93. The molecule has 1 aliphatic carbocycles. The van der Waals surface area contributed by atoms with Gasteiger partial charge < -0.3 is 21.7 Å². The summed E-state index contributed by atoms with van der Waals surface area (Å²) >= 11 is 0. The zero-order valence-corrected chi connectivity index (χ0v) is 18.3. The predicted octanol–water partition coefficient (Wildman–Crippen LogP) is 2.33. The molecule has 0 saturated carbocycles. The second kappa shape index (κ2) is 9.66. The molecule has 1 aromatic carbocycles. The van der Waals surface area contributed by atoms with Crippen molar-refractivity contribution in [2.75, 3.05) is 12.3 Å². The average Bonchev–Trinajstić information content (AvgIpc) is 3.20. The van der Waals surface area contributed by atoms with Crippen LogP contribution < -0.4 is 21.7 Å². The molecular formula is C24H27F2N5O2. The minimum Gasteiger partial charge on any atom is -0.384 e. The summed E-state index contributed by atoms with van der Waals surface area (Å²) in [5.41, 5.74) is 9.18. The number of aryl methyl sites for hydroxylation is 1. The summed E-state index contributed by atoms with van der Waals surface area (Å²) in [6.07, 6.45) is 3.75. The Labute approximate surface area is 190 Å². The number of nitrogens with one attached hydrogen (secondary N) is 3. The molecule has 2 heterocycles. The lowest BCUT2D eigenvalue weighted by Gasteiger charge is -2.25. The number of fused-ring (bicyclic) bond motifs is 1. The van der Waals surface area contributed by atoms with E-state index in [0.717, 1.165) is 29.7 Å². The number of aromatic nitrogens is 1. The molecule has 0 bridgehead atoms. The summed E-state index contributed by atoms with van der Waals surface area (Å²) in [6, 6.07) is 5.97. The van der Waals surface area contributed by atoms with Crippen molar-refractivity contribution in [3.8, 4) is 0 Å². The van der Waals surface area contributed by atoms with Gasteiger partial charge >= 0.3 is 0 Å². The van der Waals surface area contributed by atoms with E-state index in [4.69, 9.17) is 5.73 Å². The van der Waals surface area contributed by atoms with Gasteiger partial charge in [0.1, 0.15) is 30.4 Å². The molecule has 5 N–H and O–H groups in total. The number of rotatable bonds is 6. The number of carbonyl (C=O) groups is 2. The highest BCUT2D eigenvalue weighted by molar-refractivity contribution is 5.92. The summed E-state index contributed by atoms with van der Waals surface area (Å²) in [5.74, 6) is -0.705. The number of hydrogen-bond donors (Lipinski definition) is 4. The van der Waals surface area contributed by atoms with E-state index in [0.29, 0.717) is 24.3 Å². The number of hydrogen-bond acceptors (Lipinski definition) is 5. The number of pyridine rings is 1. The fourth-order valence-electron chi connectivity index (χ4n) is 4.38. The molecule has 9 heteroatoms. The Morgan fingerprint density at radius 1 is 1.27 bits per heavy atom. The largest absolute Gasteiger partial charge is 0.384 e. The first-order valence-electron chi connectivity index (χ1n) is 11.0. The molecule has 7 nitrogen and oxygen atoms in total. The number of amides is 2. The van der Waals surface area contributed by atoms with E-state index in [9.17, 15) is 18.4 Å². The zero-order chi connectivity index (χ0) is 23.5. The van der Waals surface area contributed by atoms with Gasteiger partial charge in [-0.3, -0.25) is 9.59 Å². The third kappa shape index (κ3) is 5.03. The molecule has 0 radical (unpaired) electrons. The molecule has 0 fully saturated rings. The number of carbonyl (C=O) groups excluding carboxylic acids is 2. The van der Waals surface area contributed by atoms with E-state index < -0.39 is 24.6 Å². The Morgan fingerprint density at radius 2 is 2.09 bits per heavy atom. The number of anilines is 1. The maximum atomic E-state index is 13.5. The predicted molar refractivity (Wildman–Crippen MR) is 121 cm³/mol. The van der Waals surface area contributed by atoms with Crippen molar-refractivity contribution in [1.82, 2.24) is 20.9 Å². The maximum absolute atomic E-state index is 13.5. The summed E-state index contributed by atoms with van der Waals surface area (Å²) in [4.78, 5) is 29.8. The molecule has 2 aliphatic rings. The minimum absolute atomic E-state index is 0.170. The molecule has 33 heavy (non-hydrogen) atoms. The average molecular weight is 456 g/mol. The van der Waals surface area contributed by atoms with E-state index in [-0.39, 0.29) is 23.4 Å². The molecule has 3 atom stereocenters. The molecule has 174 valence electrons. The second-order valence-electron chi connectivity index (χ2n) is 8.41. The van der Waals surface area contributed by atoms with Crippen molar-refractivity contribution in [3.05, 3.63) is 64.6 Å². The number of alkyl halides is 1. The highest BCUT2D eigenvalue weighted by Crippen LogP contribution is 2.30. The molecule has 4 rings (SSSR count). The van der Waals surface area contributed by atoms with Gasteiger partial charge in [-0.25, -0.2) is 13.8 Å². The van der Waals surface area contributed by atoms with Gasteiger partial charge in [0.05, 0.1) is 6.04 Å². The number of halogens is 2. The van der Waals surface area contributed by atoms with Crippen LogP contribution in [0.15, 0.2) is 36.4 Å². The quantitative estimate of drug-likeness (QED) is 0.535. The molecular weight excluding hydrogens is 428 g/mol. The topological polar surface area (TPSA) is 109 Å². The fraction of sp³-hybridized carbons (Fsp3) is 0.375. The van der Waals surface area contributed by atoms with Gasteiger partial charge in [0.25, 0.3) is 0 Å². The first kappa shape index (κ1) is 22.8. The van der Waals surface area contributed by atoms with Crippen LogP contribution in [0.3, 0.4) is 0 Å². The molecule has 0 saturated heterocycles. The van der Waals surface area contributed by atoms with Crippen LogP contribution in [0.25, 0.3) is 5.57 Å². The normalized spacial score (nSPS) is 20.5. The Hall–Kier alpha value is -3.33. The van der Waals surface area contributed by atoms with Gasteiger partial charge in [-0.1, -0.05) is 18.2 Å². The Kier molecular flexibility index (Phi) is 6.69. The van der Waals surface area contributed by atoms with E-state index in [1.54, 1.807) is 19.1 Å². The third-order valence-corrected chi connectivity index (χ3v) is 6.11. The number of nitrogen functional groups attached to an aromatic ring is 1. The fourth-order valence-corrected chi connectivity index (χ4v) is 4.38. The highest BCUT2D eigenvalue weighted by Gasteiger charge is 2.29. The first-order chi connectivity index (χ1) is 15.9. The van der Waals surface area contributed by atoms with Gasteiger partial charge in [-0.15, -0.1) is 0 Å². The Bertz CT molecular complexity index is 1100. The highest BCUT2D eigenvalue weighted by atomic mass is 19.1. The third-order valence-electron chi connectivity index (χ3n) is 6.11. The van der Waals surface area contributed by atoms with Gasteiger partial charge in [0.15, 0.2) is 0 Å². The van der Waals surface area contributed by atoms with Crippen molar-refractivity contribution in [1.29, 1.82) is 0 Å². The Balaban J connectivity index is 1.40. The number of nitrogens with zero attached hydrogens (tertiary/aromatic N) is 1. The smallest absolute Gasteiger partial charge is 0.242 e. The monoisotopic (exact) mass is 455 g/mol. The Morgan fingerprint density at radius 3 is 2.88 bits per heavy atom. The van der Waals surface area contributed by atoms with Gasteiger partial charge in [-0.2, -0.15) is 0 Å². The van der Waals surface area contributed by atoms with E-state index in [1.165, 1.54) is 18.2 Å². The van der Waals surface area contributed by atoms with Crippen LogP contribution in [0.4, 0.5) is 14.6 Å². The summed E-state index contributed by atoms with van der Waals surface area (Å²) in [7, 11) is 0. The molecule has 1 unspecified atom stereocenters. The molecule has 2 aromatic rings. The van der Waals surface area contributed by atoms with Gasteiger partial charge in [0, 0.05) is 12.2 Å². The van der Waals surface area contributed by atoms with Crippen molar-refractivity contribution in [2.45, 2.75) is 51.0 Å². The molecule has 1 aromatic heterocycles.